The smallest absolute Gasteiger partial charge is 0.247 e. The molecule has 2 rings (SSSR count). The Labute approximate surface area is 94.3 Å². The third-order valence-electron chi connectivity index (χ3n) is 3.28. The number of aliphatic hydroxyl groups excluding tert-OH is 1. The van der Waals surface area contributed by atoms with Crippen LogP contribution in [-0.4, -0.2) is 23.2 Å². The molecule has 0 fully saturated rings. The first kappa shape index (κ1) is 11.1. The average molecular weight is 220 g/mol. The summed E-state index contributed by atoms with van der Waals surface area (Å²) in [5.74, 6) is -0.650. The van der Waals surface area contributed by atoms with Crippen molar-refractivity contribution in [1.82, 2.24) is 0 Å². The zero-order chi connectivity index (χ0) is 11.7. The molecule has 86 valence electrons. The van der Waals surface area contributed by atoms with Gasteiger partial charge in [0.1, 0.15) is 6.10 Å². The zero-order valence-electron chi connectivity index (χ0n) is 8.97. The highest BCUT2D eigenvalue weighted by Crippen LogP contribution is 2.28. The Morgan fingerprint density at radius 2 is 1.81 bits per heavy atom. The van der Waals surface area contributed by atoms with E-state index in [9.17, 15) is 9.90 Å². The van der Waals surface area contributed by atoms with Crippen LogP contribution in [0.1, 0.15) is 11.1 Å². The number of benzene rings is 1. The molecule has 0 aromatic heterocycles. The summed E-state index contributed by atoms with van der Waals surface area (Å²) in [6.07, 6.45) is 0.364. The van der Waals surface area contributed by atoms with Crippen molar-refractivity contribution in [1.29, 1.82) is 0 Å². The number of amides is 1. The molecule has 0 heterocycles. The Morgan fingerprint density at radius 1 is 1.31 bits per heavy atom. The van der Waals surface area contributed by atoms with Crippen molar-refractivity contribution in [2.24, 2.45) is 17.4 Å². The van der Waals surface area contributed by atoms with E-state index in [1.165, 1.54) is 11.1 Å². The number of hydrogen-bond donors (Lipinski definition) is 3. The maximum Gasteiger partial charge on any atom is 0.247 e. The summed E-state index contributed by atoms with van der Waals surface area (Å²) in [6, 6.07) is 7.50. The van der Waals surface area contributed by atoms with Crippen LogP contribution in [0.15, 0.2) is 24.3 Å². The summed E-state index contributed by atoms with van der Waals surface area (Å²) in [5, 5.41) is 9.53. The highest BCUT2D eigenvalue weighted by Gasteiger charge is 2.32. The Bertz CT molecular complexity index is 381. The normalized spacial score (nSPS) is 19.1. The van der Waals surface area contributed by atoms with Crippen molar-refractivity contribution in [2.45, 2.75) is 25.0 Å². The molecule has 1 amide bonds. The van der Waals surface area contributed by atoms with Gasteiger partial charge in [-0.05, 0) is 29.9 Å². The van der Waals surface area contributed by atoms with Crippen LogP contribution in [0.5, 0.6) is 0 Å². The highest BCUT2D eigenvalue weighted by atomic mass is 16.3. The molecule has 0 saturated carbocycles. The summed E-state index contributed by atoms with van der Waals surface area (Å²) < 4.78 is 0. The van der Waals surface area contributed by atoms with Gasteiger partial charge in [0.15, 0.2) is 0 Å². The Morgan fingerprint density at radius 3 is 2.25 bits per heavy atom. The third kappa shape index (κ3) is 1.94. The summed E-state index contributed by atoms with van der Waals surface area (Å²) in [5.41, 5.74) is 13.4. The minimum absolute atomic E-state index is 0.0971. The fourth-order valence-electron chi connectivity index (χ4n) is 2.31. The first-order chi connectivity index (χ1) is 7.59. The van der Waals surface area contributed by atoms with Crippen molar-refractivity contribution in [3.63, 3.8) is 0 Å². The predicted octanol–water partition coefficient (Wildman–Crippen LogP) is -0.425. The number of carbonyl (C=O) groups excluding carboxylic acids is 1. The van der Waals surface area contributed by atoms with E-state index in [4.69, 9.17) is 11.5 Å². The van der Waals surface area contributed by atoms with E-state index in [-0.39, 0.29) is 5.92 Å². The number of aliphatic hydroxyl groups is 1. The molecule has 2 atom stereocenters. The van der Waals surface area contributed by atoms with E-state index in [1.54, 1.807) is 0 Å². The van der Waals surface area contributed by atoms with Crippen LogP contribution in [0.25, 0.3) is 0 Å². The van der Waals surface area contributed by atoms with Crippen LogP contribution in [-0.2, 0) is 17.6 Å². The van der Waals surface area contributed by atoms with Gasteiger partial charge in [-0.1, -0.05) is 24.3 Å². The summed E-state index contributed by atoms with van der Waals surface area (Å²) in [4.78, 5) is 10.9. The SMILES string of the molecule is NC(=O)C(O)[C@@H](N)C1Cc2ccccc2C1. The van der Waals surface area contributed by atoms with Gasteiger partial charge in [0.05, 0.1) is 0 Å². The van der Waals surface area contributed by atoms with E-state index in [1.807, 2.05) is 12.1 Å². The largest absolute Gasteiger partial charge is 0.382 e. The number of hydrogen-bond acceptors (Lipinski definition) is 3. The molecule has 1 aliphatic rings. The standard InChI is InChI=1S/C12H16N2O2/c13-10(11(15)12(14)16)9-5-7-3-1-2-4-8(7)6-9/h1-4,9-11,15H,5-6,13H2,(H2,14,16)/t10-,11?/m0/s1. The quantitative estimate of drug-likeness (QED) is 0.646. The van der Waals surface area contributed by atoms with Crippen LogP contribution < -0.4 is 11.5 Å². The Kier molecular flexibility index (Phi) is 2.94. The molecule has 1 aliphatic carbocycles. The summed E-state index contributed by atoms with van der Waals surface area (Å²) in [7, 11) is 0. The maximum absolute atomic E-state index is 10.9. The predicted molar refractivity (Wildman–Crippen MR) is 60.5 cm³/mol. The molecule has 1 aromatic carbocycles. The summed E-state index contributed by atoms with van der Waals surface area (Å²) >= 11 is 0. The molecule has 4 heteroatoms. The summed E-state index contributed by atoms with van der Waals surface area (Å²) in [6.45, 7) is 0. The number of carbonyl (C=O) groups is 1. The van der Waals surface area contributed by atoms with Gasteiger partial charge < -0.3 is 16.6 Å². The molecule has 0 radical (unpaired) electrons. The second-order valence-corrected chi connectivity index (χ2v) is 4.36. The molecule has 0 aliphatic heterocycles. The minimum Gasteiger partial charge on any atom is -0.382 e. The second-order valence-electron chi connectivity index (χ2n) is 4.36. The molecule has 0 spiro atoms. The minimum atomic E-state index is -1.25. The van der Waals surface area contributed by atoms with Crippen molar-refractivity contribution in [3.8, 4) is 0 Å². The third-order valence-corrected chi connectivity index (χ3v) is 3.28. The van der Waals surface area contributed by atoms with E-state index >= 15 is 0 Å². The number of rotatable bonds is 3. The Hall–Kier alpha value is -1.39. The van der Waals surface area contributed by atoms with Gasteiger partial charge in [0, 0.05) is 6.04 Å². The number of nitrogens with two attached hydrogens (primary N) is 2. The van der Waals surface area contributed by atoms with Gasteiger partial charge in [-0.3, -0.25) is 4.79 Å². The first-order valence-corrected chi connectivity index (χ1v) is 5.39. The molecule has 16 heavy (non-hydrogen) atoms. The van der Waals surface area contributed by atoms with E-state index in [2.05, 4.69) is 12.1 Å². The van der Waals surface area contributed by atoms with Gasteiger partial charge in [0.2, 0.25) is 5.91 Å². The lowest BCUT2D eigenvalue weighted by molar-refractivity contribution is -0.127. The van der Waals surface area contributed by atoms with Gasteiger partial charge in [-0.15, -0.1) is 0 Å². The molecule has 0 saturated heterocycles. The molecular weight excluding hydrogens is 204 g/mol. The van der Waals surface area contributed by atoms with Crippen molar-refractivity contribution in [2.75, 3.05) is 0 Å². The fourth-order valence-corrected chi connectivity index (χ4v) is 2.31. The molecule has 0 bridgehead atoms. The van der Waals surface area contributed by atoms with Gasteiger partial charge in [0.25, 0.3) is 0 Å². The second kappa shape index (κ2) is 4.23. The van der Waals surface area contributed by atoms with E-state index < -0.39 is 18.1 Å². The zero-order valence-corrected chi connectivity index (χ0v) is 8.97. The van der Waals surface area contributed by atoms with Crippen LogP contribution >= 0.6 is 0 Å². The highest BCUT2D eigenvalue weighted by molar-refractivity contribution is 5.79. The number of fused-ring (bicyclic) bond motifs is 1. The van der Waals surface area contributed by atoms with Crippen LogP contribution in [0.3, 0.4) is 0 Å². The molecule has 5 N–H and O–H groups in total. The molecular formula is C12H16N2O2. The van der Waals surface area contributed by atoms with Gasteiger partial charge >= 0.3 is 0 Å². The molecule has 1 aromatic rings. The monoisotopic (exact) mass is 220 g/mol. The Balaban J connectivity index is 2.09. The fraction of sp³-hybridized carbons (Fsp3) is 0.417. The van der Waals surface area contributed by atoms with Crippen LogP contribution in [0.4, 0.5) is 0 Å². The van der Waals surface area contributed by atoms with Crippen LogP contribution in [0.2, 0.25) is 0 Å². The van der Waals surface area contributed by atoms with E-state index in [0.717, 1.165) is 12.8 Å². The lowest BCUT2D eigenvalue weighted by Gasteiger charge is -2.22. The molecule has 1 unspecified atom stereocenters. The lowest BCUT2D eigenvalue weighted by atomic mass is 9.93. The molecule has 4 nitrogen and oxygen atoms in total. The van der Waals surface area contributed by atoms with Gasteiger partial charge in [-0.25, -0.2) is 0 Å². The van der Waals surface area contributed by atoms with Gasteiger partial charge in [-0.2, -0.15) is 0 Å². The topological polar surface area (TPSA) is 89.3 Å². The lowest BCUT2D eigenvalue weighted by Crippen LogP contribution is -2.48. The van der Waals surface area contributed by atoms with Crippen LogP contribution in [0, 0.1) is 5.92 Å². The first-order valence-electron chi connectivity index (χ1n) is 5.39. The van der Waals surface area contributed by atoms with Crippen molar-refractivity contribution >= 4 is 5.91 Å². The number of primary amides is 1. The van der Waals surface area contributed by atoms with Crippen molar-refractivity contribution in [3.05, 3.63) is 35.4 Å². The average Bonchev–Trinajstić information content (AvgIpc) is 2.70. The van der Waals surface area contributed by atoms with E-state index in [0.29, 0.717) is 0 Å². The maximum atomic E-state index is 10.9. The van der Waals surface area contributed by atoms with Crippen molar-refractivity contribution < 1.29 is 9.90 Å².